The van der Waals surface area contributed by atoms with Gasteiger partial charge in [0.05, 0.1) is 22.6 Å². The molecule has 1 atom stereocenters. The molecule has 0 aliphatic heterocycles. The molecular formula is C16H18Cl2N2OS. The van der Waals surface area contributed by atoms with Crippen molar-refractivity contribution in [2.75, 3.05) is 7.05 Å². The Morgan fingerprint density at radius 2 is 2.09 bits per heavy atom. The van der Waals surface area contributed by atoms with Gasteiger partial charge in [-0.25, -0.2) is 0 Å². The second-order valence-corrected chi connectivity index (χ2v) is 6.92. The minimum Gasteiger partial charge on any atom is -0.350 e. The molecule has 22 heavy (non-hydrogen) atoms. The molecule has 0 bridgehead atoms. The molecule has 1 heterocycles. The number of nitrogens with one attached hydrogen (secondary N) is 1. The van der Waals surface area contributed by atoms with Crippen molar-refractivity contribution in [2.45, 2.75) is 26.1 Å². The van der Waals surface area contributed by atoms with E-state index in [0.717, 1.165) is 10.4 Å². The van der Waals surface area contributed by atoms with Crippen LogP contribution in [-0.2, 0) is 17.9 Å². The van der Waals surface area contributed by atoms with E-state index in [2.05, 4.69) is 5.32 Å². The maximum absolute atomic E-state index is 12.2. The van der Waals surface area contributed by atoms with E-state index in [-0.39, 0.29) is 11.9 Å². The van der Waals surface area contributed by atoms with Gasteiger partial charge in [-0.3, -0.25) is 9.69 Å². The average Bonchev–Trinajstić information content (AvgIpc) is 3.02. The number of benzene rings is 1. The summed E-state index contributed by atoms with van der Waals surface area (Å²) < 4.78 is 0. The fraction of sp³-hybridized carbons (Fsp3) is 0.312. The van der Waals surface area contributed by atoms with E-state index in [1.54, 1.807) is 17.4 Å². The molecule has 0 radical (unpaired) electrons. The van der Waals surface area contributed by atoms with Crippen molar-refractivity contribution in [3.63, 3.8) is 0 Å². The van der Waals surface area contributed by atoms with Crippen molar-refractivity contribution in [3.05, 3.63) is 56.2 Å². The zero-order chi connectivity index (χ0) is 16.1. The second kappa shape index (κ2) is 7.97. The highest BCUT2D eigenvalue weighted by molar-refractivity contribution is 7.09. The van der Waals surface area contributed by atoms with Gasteiger partial charge in [-0.15, -0.1) is 11.3 Å². The number of likely N-dealkylation sites (N-methyl/N-ethyl adjacent to an activating group) is 1. The summed E-state index contributed by atoms with van der Waals surface area (Å²) in [6.07, 6.45) is 0. The molecule has 118 valence electrons. The van der Waals surface area contributed by atoms with Crippen LogP contribution in [0.4, 0.5) is 0 Å². The van der Waals surface area contributed by atoms with Crippen LogP contribution in [0.1, 0.15) is 17.4 Å². The molecule has 0 unspecified atom stereocenters. The van der Waals surface area contributed by atoms with Gasteiger partial charge in [0.15, 0.2) is 0 Å². The van der Waals surface area contributed by atoms with Crippen molar-refractivity contribution in [3.8, 4) is 0 Å². The number of carbonyl (C=O) groups is 1. The van der Waals surface area contributed by atoms with E-state index in [1.165, 1.54) is 0 Å². The molecule has 1 amide bonds. The predicted molar refractivity (Wildman–Crippen MR) is 93.6 cm³/mol. The lowest BCUT2D eigenvalue weighted by Gasteiger charge is -2.24. The first kappa shape index (κ1) is 17.3. The van der Waals surface area contributed by atoms with E-state index in [1.807, 2.05) is 48.5 Å². The molecule has 0 spiro atoms. The molecule has 1 aromatic carbocycles. The van der Waals surface area contributed by atoms with E-state index in [4.69, 9.17) is 23.2 Å². The summed E-state index contributed by atoms with van der Waals surface area (Å²) in [5.74, 6) is -0.00551. The lowest BCUT2D eigenvalue weighted by Crippen LogP contribution is -2.42. The molecule has 0 aliphatic carbocycles. The van der Waals surface area contributed by atoms with Crippen molar-refractivity contribution in [2.24, 2.45) is 0 Å². The number of hydrogen-bond acceptors (Lipinski definition) is 3. The van der Waals surface area contributed by atoms with E-state index in [0.29, 0.717) is 23.1 Å². The van der Waals surface area contributed by atoms with E-state index < -0.39 is 0 Å². The Morgan fingerprint density at radius 3 is 2.77 bits per heavy atom. The van der Waals surface area contributed by atoms with Crippen LogP contribution >= 0.6 is 34.5 Å². The molecule has 6 heteroatoms. The number of amides is 1. The first-order valence-electron chi connectivity index (χ1n) is 6.92. The third-order valence-corrected chi connectivity index (χ3v) is 5.24. The molecule has 1 aromatic heterocycles. The highest BCUT2D eigenvalue weighted by Crippen LogP contribution is 2.26. The normalized spacial score (nSPS) is 12.4. The lowest BCUT2D eigenvalue weighted by atomic mass is 10.2. The van der Waals surface area contributed by atoms with Gasteiger partial charge in [0.2, 0.25) is 5.91 Å². The summed E-state index contributed by atoms with van der Waals surface area (Å²) in [5, 5.41) is 6.02. The SMILES string of the molecule is C[C@H](C(=O)NCc1cccs1)N(C)Cc1cccc(Cl)c1Cl. The van der Waals surface area contributed by atoms with Crippen molar-refractivity contribution in [1.29, 1.82) is 0 Å². The number of halogens is 2. The number of carbonyl (C=O) groups excluding carboxylic acids is 1. The lowest BCUT2D eigenvalue weighted by molar-refractivity contribution is -0.125. The van der Waals surface area contributed by atoms with Gasteiger partial charge in [0.1, 0.15) is 0 Å². The van der Waals surface area contributed by atoms with E-state index >= 15 is 0 Å². The third kappa shape index (κ3) is 4.46. The van der Waals surface area contributed by atoms with Crippen LogP contribution in [0, 0.1) is 0 Å². The molecule has 0 fully saturated rings. The first-order chi connectivity index (χ1) is 10.5. The predicted octanol–water partition coefficient (Wildman–Crippen LogP) is 4.19. The van der Waals surface area contributed by atoms with E-state index in [9.17, 15) is 4.79 Å². The van der Waals surface area contributed by atoms with Gasteiger partial charge < -0.3 is 5.32 Å². The standard InChI is InChI=1S/C16H18Cl2N2OS/c1-11(16(21)19-9-13-6-4-8-22-13)20(2)10-12-5-3-7-14(17)15(12)18/h3-8,11H,9-10H2,1-2H3,(H,19,21)/t11-/m1/s1. The Labute approximate surface area is 144 Å². The van der Waals surface area contributed by atoms with Crippen LogP contribution in [0.2, 0.25) is 10.0 Å². The molecular weight excluding hydrogens is 339 g/mol. The summed E-state index contributed by atoms with van der Waals surface area (Å²) in [6.45, 7) is 3.00. The quantitative estimate of drug-likeness (QED) is 0.841. The highest BCUT2D eigenvalue weighted by Gasteiger charge is 2.19. The third-order valence-electron chi connectivity index (χ3n) is 3.51. The minimum atomic E-state index is -0.255. The summed E-state index contributed by atoms with van der Waals surface area (Å²) in [7, 11) is 1.90. The summed E-state index contributed by atoms with van der Waals surface area (Å²) in [6, 6.07) is 9.26. The summed E-state index contributed by atoms with van der Waals surface area (Å²) in [5.41, 5.74) is 0.912. The fourth-order valence-electron chi connectivity index (χ4n) is 2.01. The fourth-order valence-corrected chi connectivity index (χ4v) is 3.04. The Kier molecular flexibility index (Phi) is 6.26. The van der Waals surface area contributed by atoms with Crippen molar-refractivity contribution < 1.29 is 4.79 Å². The topological polar surface area (TPSA) is 32.3 Å². The second-order valence-electron chi connectivity index (χ2n) is 5.10. The van der Waals surface area contributed by atoms with Gasteiger partial charge in [-0.05, 0) is 37.0 Å². The summed E-state index contributed by atoms with van der Waals surface area (Å²) in [4.78, 5) is 15.3. The van der Waals surface area contributed by atoms with Crippen LogP contribution in [0.5, 0.6) is 0 Å². The molecule has 0 saturated carbocycles. The Bertz CT molecular complexity index is 631. The molecule has 2 aromatic rings. The van der Waals surface area contributed by atoms with Crippen molar-refractivity contribution in [1.82, 2.24) is 10.2 Å². The monoisotopic (exact) mass is 356 g/mol. The molecule has 1 N–H and O–H groups in total. The minimum absolute atomic E-state index is 0.00551. The highest BCUT2D eigenvalue weighted by atomic mass is 35.5. The van der Waals surface area contributed by atoms with Gasteiger partial charge in [0, 0.05) is 11.4 Å². The molecule has 0 aliphatic rings. The molecule has 2 rings (SSSR count). The maximum Gasteiger partial charge on any atom is 0.237 e. The Hall–Kier alpha value is -1.07. The van der Waals surface area contributed by atoms with Crippen LogP contribution in [-0.4, -0.2) is 23.9 Å². The average molecular weight is 357 g/mol. The van der Waals surface area contributed by atoms with Crippen molar-refractivity contribution >= 4 is 40.4 Å². The number of nitrogens with zero attached hydrogens (tertiary/aromatic N) is 1. The van der Waals surface area contributed by atoms with Gasteiger partial charge in [-0.1, -0.05) is 41.4 Å². The smallest absolute Gasteiger partial charge is 0.237 e. The van der Waals surface area contributed by atoms with Crippen LogP contribution < -0.4 is 5.32 Å². The number of hydrogen-bond donors (Lipinski definition) is 1. The largest absolute Gasteiger partial charge is 0.350 e. The number of thiophene rings is 1. The zero-order valence-corrected chi connectivity index (χ0v) is 14.8. The Balaban J connectivity index is 1.92. The van der Waals surface area contributed by atoms with Crippen LogP contribution in [0.25, 0.3) is 0 Å². The van der Waals surface area contributed by atoms with Crippen LogP contribution in [0.3, 0.4) is 0 Å². The zero-order valence-electron chi connectivity index (χ0n) is 12.5. The molecule has 3 nitrogen and oxygen atoms in total. The Morgan fingerprint density at radius 1 is 1.32 bits per heavy atom. The van der Waals surface area contributed by atoms with Gasteiger partial charge in [-0.2, -0.15) is 0 Å². The van der Waals surface area contributed by atoms with Crippen LogP contribution in [0.15, 0.2) is 35.7 Å². The van der Waals surface area contributed by atoms with Gasteiger partial charge >= 0.3 is 0 Å². The maximum atomic E-state index is 12.2. The summed E-state index contributed by atoms with van der Waals surface area (Å²) >= 11 is 13.8. The first-order valence-corrected chi connectivity index (χ1v) is 8.56. The number of rotatable bonds is 6. The molecule has 0 saturated heterocycles. The van der Waals surface area contributed by atoms with Gasteiger partial charge in [0.25, 0.3) is 0 Å².